The van der Waals surface area contributed by atoms with E-state index in [1.54, 1.807) is 36.5 Å². The number of carbonyl (C=O) groups excluding carboxylic acids is 1. The summed E-state index contributed by atoms with van der Waals surface area (Å²) >= 11 is 5.94. The van der Waals surface area contributed by atoms with Gasteiger partial charge in [-0.25, -0.2) is 4.98 Å². The van der Waals surface area contributed by atoms with Crippen molar-refractivity contribution in [1.29, 1.82) is 0 Å². The Morgan fingerprint density at radius 2 is 1.68 bits per heavy atom. The van der Waals surface area contributed by atoms with Crippen LogP contribution in [0.15, 0.2) is 91.1 Å². The number of nitrogens with zero attached hydrogens (tertiary/aromatic N) is 3. The molecule has 1 saturated heterocycles. The highest BCUT2D eigenvalue weighted by Gasteiger charge is 2.22. The summed E-state index contributed by atoms with van der Waals surface area (Å²) in [5.74, 6) is 0.217. The Morgan fingerprint density at radius 3 is 2.37 bits per heavy atom. The number of nitro benzene ring substituents is 1. The second-order valence-electron chi connectivity index (χ2n) is 10.1. The standard InChI is InChI=1S/C32H31ClN4O4/c33-27-11-8-25(9-12-27)26-10-13-29(30(21-26)37(39)40)32(38)35-18-14-23-4-6-24(7-5-23)22-36-19-15-28(16-20-36)41-31-3-1-2-17-34-31/h1-13,17,21,28H,14-16,18-20,22H2,(H,35,38). The number of nitrogens with one attached hydrogen (secondary N) is 1. The number of halogens is 1. The van der Waals surface area contributed by atoms with Crippen LogP contribution in [0.3, 0.4) is 0 Å². The number of amides is 1. The summed E-state index contributed by atoms with van der Waals surface area (Å²) in [6, 6.07) is 25.7. The largest absolute Gasteiger partial charge is 0.474 e. The molecular weight excluding hydrogens is 540 g/mol. The molecule has 0 atom stereocenters. The van der Waals surface area contributed by atoms with Crippen LogP contribution < -0.4 is 10.1 Å². The van der Waals surface area contributed by atoms with Gasteiger partial charge in [0.1, 0.15) is 11.7 Å². The number of ether oxygens (including phenoxy) is 1. The molecule has 0 aliphatic carbocycles. The van der Waals surface area contributed by atoms with Crippen LogP contribution in [0.1, 0.15) is 34.3 Å². The summed E-state index contributed by atoms with van der Waals surface area (Å²) in [5.41, 5.74) is 3.56. The summed E-state index contributed by atoms with van der Waals surface area (Å²) in [6.45, 7) is 3.19. The van der Waals surface area contributed by atoms with Crippen LogP contribution in [0.4, 0.5) is 5.69 Å². The van der Waals surface area contributed by atoms with E-state index in [-0.39, 0.29) is 17.4 Å². The van der Waals surface area contributed by atoms with Gasteiger partial charge in [0.25, 0.3) is 11.6 Å². The number of nitro groups is 1. The number of pyridine rings is 1. The van der Waals surface area contributed by atoms with E-state index in [4.69, 9.17) is 16.3 Å². The second-order valence-corrected chi connectivity index (χ2v) is 10.5. The smallest absolute Gasteiger partial charge is 0.282 e. The summed E-state index contributed by atoms with van der Waals surface area (Å²) < 4.78 is 5.99. The molecule has 9 heteroatoms. The molecule has 1 aromatic heterocycles. The van der Waals surface area contributed by atoms with Crippen molar-refractivity contribution in [2.75, 3.05) is 19.6 Å². The fourth-order valence-electron chi connectivity index (χ4n) is 4.95. The summed E-state index contributed by atoms with van der Waals surface area (Å²) in [6.07, 6.45) is 4.50. The van der Waals surface area contributed by atoms with Gasteiger partial charge >= 0.3 is 0 Å². The van der Waals surface area contributed by atoms with Gasteiger partial charge in [0.05, 0.1) is 4.92 Å². The molecule has 3 aromatic carbocycles. The van der Waals surface area contributed by atoms with Gasteiger partial charge in [-0.1, -0.05) is 60.1 Å². The Balaban J connectivity index is 1.09. The van der Waals surface area contributed by atoms with E-state index in [1.807, 2.05) is 18.2 Å². The SMILES string of the molecule is O=C(NCCc1ccc(CN2CCC(Oc3ccccn3)CC2)cc1)c1ccc(-c2ccc(Cl)cc2)cc1[N+](=O)[O-]. The highest BCUT2D eigenvalue weighted by molar-refractivity contribution is 6.30. The summed E-state index contributed by atoms with van der Waals surface area (Å²) in [7, 11) is 0. The molecule has 5 rings (SSSR count). The van der Waals surface area contributed by atoms with Crippen molar-refractivity contribution < 1.29 is 14.5 Å². The van der Waals surface area contributed by atoms with Crippen LogP contribution >= 0.6 is 11.6 Å². The zero-order chi connectivity index (χ0) is 28.6. The van der Waals surface area contributed by atoms with Crippen LogP contribution in [0.25, 0.3) is 11.1 Å². The first-order valence-electron chi connectivity index (χ1n) is 13.6. The lowest BCUT2D eigenvalue weighted by Gasteiger charge is -2.31. The van der Waals surface area contributed by atoms with Gasteiger partial charge in [-0.15, -0.1) is 0 Å². The van der Waals surface area contributed by atoms with Gasteiger partial charge in [-0.3, -0.25) is 19.8 Å². The van der Waals surface area contributed by atoms with Crippen molar-refractivity contribution in [3.63, 3.8) is 0 Å². The van der Waals surface area contributed by atoms with Crippen LogP contribution in [-0.2, 0) is 13.0 Å². The molecule has 210 valence electrons. The van der Waals surface area contributed by atoms with Crippen LogP contribution in [-0.4, -0.2) is 46.5 Å². The number of hydrogen-bond donors (Lipinski definition) is 1. The minimum Gasteiger partial charge on any atom is -0.474 e. The first kappa shape index (κ1) is 28.3. The predicted molar refractivity (Wildman–Crippen MR) is 159 cm³/mol. The van der Waals surface area contributed by atoms with Gasteiger partial charge in [0, 0.05) is 49.5 Å². The normalized spacial score (nSPS) is 14.0. The molecule has 8 nitrogen and oxygen atoms in total. The third-order valence-electron chi connectivity index (χ3n) is 7.20. The van der Waals surface area contributed by atoms with E-state index in [0.29, 0.717) is 29.4 Å². The molecule has 0 bridgehead atoms. The molecule has 1 N–H and O–H groups in total. The summed E-state index contributed by atoms with van der Waals surface area (Å²) in [4.78, 5) is 30.7. The Morgan fingerprint density at radius 1 is 0.976 bits per heavy atom. The zero-order valence-corrected chi connectivity index (χ0v) is 23.3. The Kier molecular flexibility index (Phi) is 9.23. The number of benzene rings is 3. The topological polar surface area (TPSA) is 97.6 Å². The molecule has 0 saturated carbocycles. The third-order valence-corrected chi connectivity index (χ3v) is 7.46. The highest BCUT2D eigenvalue weighted by atomic mass is 35.5. The maximum Gasteiger partial charge on any atom is 0.282 e. The number of aromatic nitrogens is 1. The van der Waals surface area contributed by atoms with E-state index < -0.39 is 10.8 Å². The van der Waals surface area contributed by atoms with Gasteiger partial charge in [-0.2, -0.15) is 0 Å². The van der Waals surface area contributed by atoms with E-state index in [1.165, 1.54) is 17.7 Å². The molecule has 4 aromatic rings. The Hall–Kier alpha value is -4.27. The molecule has 1 aliphatic heterocycles. The Labute approximate surface area is 244 Å². The van der Waals surface area contributed by atoms with Gasteiger partial charge < -0.3 is 10.1 Å². The van der Waals surface area contributed by atoms with Crippen molar-refractivity contribution in [1.82, 2.24) is 15.2 Å². The Bertz CT molecular complexity index is 1470. The molecule has 1 fully saturated rings. The van der Waals surface area contributed by atoms with Crippen LogP contribution in [0.2, 0.25) is 5.02 Å². The van der Waals surface area contributed by atoms with Gasteiger partial charge in [0.2, 0.25) is 5.88 Å². The molecule has 0 spiro atoms. The monoisotopic (exact) mass is 570 g/mol. The summed E-state index contributed by atoms with van der Waals surface area (Å²) in [5, 5.41) is 15.1. The van der Waals surface area contributed by atoms with Crippen LogP contribution in [0.5, 0.6) is 5.88 Å². The molecule has 0 radical (unpaired) electrons. The van der Waals surface area contributed by atoms with E-state index >= 15 is 0 Å². The first-order valence-corrected chi connectivity index (χ1v) is 14.0. The van der Waals surface area contributed by atoms with Crippen molar-refractivity contribution >= 4 is 23.2 Å². The number of hydrogen-bond acceptors (Lipinski definition) is 6. The number of carbonyl (C=O) groups is 1. The first-order chi connectivity index (χ1) is 19.9. The average Bonchev–Trinajstić information content (AvgIpc) is 2.99. The van der Waals surface area contributed by atoms with E-state index in [9.17, 15) is 14.9 Å². The minimum atomic E-state index is -0.525. The van der Waals surface area contributed by atoms with E-state index in [0.717, 1.165) is 43.6 Å². The van der Waals surface area contributed by atoms with Crippen molar-refractivity contribution in [3.8, 4) is 17.0 Å². The number of piperidine rings is 1. The fraction of sp³-hybridized carbons (Fsp3) is 0.250. The molecular formula is C32H31ClN4O4. The van der Waals surface area contributed by atoms with Crippen LogP contribution in [0, 0.1) is 10.1 Å². The number of rotatable bonds is 10. The van der Waals surface area contributed by atoms with Gasteiger partial charge in [-0.05, 0) is 65.8 Å². The lowest BCUT2D eigenvalue weighted by atomic mass is 10.0. The lowest BCUT2D eigenvalue weighted by molar-refractivity contribution is -0.385. The highest BCUT2D eigenvalue weighted by Crippen LogP contribution is 2.28. The van der Waals surface area contributed by atoms with Crippen molar-refractivity contribution in [2.24, 2.45) is 0 Å². The van der Waals surface area contributed by atoms with Crippen molar-refractivity contribution in [3.05, 3.63) is 123 Å². The average molecular weight is 571 g/mol. The second kappa shape index (κ2) is 13.4. The molecule has 0 unspecified atom stereocenters. The van der Waals surface area contributed by atoms with E-state index in [2.05, 4.69) is 39.5 Å². The maximum atomic E-state index is 12.8. The zero-order valence-electron chi connectivity index (χ0n) is 22.5. The predicted octanol–water partition coefficient (Wildman–Crippen LogP) is 6.33. The maximum absolute atomic E-state index is 12.8. The van der Waals surface area contributed by atoms with Gasteiger partial charge in [0.15, 0.2) is 0 Å². The number of likely N-dealkylation sites (tertiary alicyclic amines) is 1. The molecule has 41 heavy (non-hydrogen) atoms. The quantitative estimate of drug-likeness (QED) is 0.177. The third kappa shape index (κ3) is 7.68. The fourth-order valence-corrected chi connectivity index (χ4v) is 5.08. The molecule has 2 heterocycles. The molecule has 1 aliphatic rings. The lowest BCUT2D eigenvalue weighted by Crippen LogP contribution is -2.37. The molecule has 1 amide bonds. The van der Waals surface area contributed by atoms with Crippen molar-refractivity contribution in [2.45, 2.75) is 31.9 Å². The minimum absolute atomic E-state index is 0.0391.